The number of benzene rings is 2. The molecular formula is C30H36N2O7. The number of nitrogens with zero attached hydrogens (tertiary/aromatic N) is 2. The van der Waals surface area contributed by atoms with Crippen molar-refractivity contribution in [2.24, 2.45) is 0 Å². The van der Waals surface area contributed by atoms with Crippen LogP contribution >= 0.6 is 0 Å². The molecule has 1 N–H and O–H groups in total. The van der Waals surface area contributed by atoms with Crippen LogP contribution in [0.1, 0.15) is 29.2 Å². The van der Waals surface area contributed by atoms with Crippen LogP contribution in [0.25, 0.3) is 5.76 Å². The maximum Gasteiger partial charge on any atom is 0.295 e. The number of methoxy groups -OCH3 is 2. The van der Waals surface area contributed by atoms with E-state index >= 15 is 0 Å². The van der Waals surface area contributed by atoms with E-state index in [2.05, 4.69) is 11.5 Å². The maximum atomic E-state index is 13.4. The lowest BCUT2D eigenvalue weighted by Crippen LogP contribution is -2.38. The zero-order valence-electron chi connectivity index (χ0n) is 22.8. The Kier molecular flexibility index (Phi) is 9.27. The van der Waals surface area contributed by atoms with Gasteiger partial charge in [0.1, 0.15) is 18.1 Å². The predicted octanol–water partition coefficient (Wildman–Crippen LogP) is 3.72. The Bertz CT molecular complexity index is 1250. The second-order valence-electron chi connectivity index (χ2n) is 9.49. The van der Waals surface area contributed by atoms with Gasteiger partial charge in [-0.25, -0.2) is 0 Å². The number of ether oxygens (including phenoxy) is 4. The molecule has 0 unspecified atom stereocenters. The van der Waals surface area contributed by atoms with E-state index in [1.807, 2.05) is 6.92 Å². The van der Waals surface area contributed by atoms with Crippen LogP contribution in [0.2, 0.25) is 0 Å². The van der Waals surface area contributed by atoms with Crippen molar-refractivity contribution in [1.29, 1.82) is 0 Å². The number of carbonyl (C=O) groups excluding carboxylic acids is 2. The van der Waals surface area contributed by atoms with Gasteiger partial charge in [-0.05, 0) is 54.8 Å². The van der Waals surface area contributed by atoms with Crippen LogP contribution in [-0.2, 0) is 14.3 Å². The number of hydrogen-bond donors (Lipinski definition) is 1. The molecule has 9 nitrogen and oxygen atoms in total. The molecule has 1 amide bonds. The molecule has 2 heterocycles. The monoisotopic (exact) mass is 536 g/mol. The summed E-state index contributed by atoms with van der Waals surface area (Å²) in [6, 6.07) is 9.64. The highest BCUT2D eigenvalue weighted by Gasteiger charge is 2.46. The quantitative estimate of drug-likeness (QED) is 0.201. The van der Waals surface area contributed by atoms with Crippen LogP contribution in [0, 0.1) is 6.92 Å². The van der Waals surface area contributed by atoms with Gasteiger partial charge in [-0.15, -0.1) is 0 Å². The Hall–Kier alpha value is -3.82. The number of aliphatic hydroxyl groups excluding tert-OH is 1. The molecule has 1 atom stereocenters. The van der Waals surface area contributed by atoms with Crippen molar-refractivity contribution in [1.82, 2.24) is 9.80 Å². The Morgan fingerprint density at radius 3 is 2.44 bits per heavy atom. The summed E-state index contributed by atoms with van der Waals surface area (Å²) >= 11 is 0. The lowest BCUT2D eigenvalue weighted by atomic mass is 9.94. The van der Waals surface area contributed by atoms with Crippen LogP contribution in [0.4, 0.5) is 0 Å². The highest BCUT2D eigenvalue weighted by Crippen LogP contribution is 2.42. The highest BCUT2D eigenvalue weighted by molar-refractivity contribution is 6.46. The number of Topliss-reactive ketones (excluding diaryl/α,β-unsaturated/α-hetero) is 1. The zero-order chi connectivity index (χ0) is 27.9. The van der Waals surface area contributed by atoms with Crippen LogP contribution in [0.3, 0.4) is 0 Å². The fourth-order valence-electron chi connectivity index (χ4n) is 5.03. The number of hydrogen-bond acceptors (Lipinski definition) is 8. The maximum absolute atomic E-state index is 13.4. The van der Waals surface area contributed by atoms with Gasteiger partial charge in [0.05, 0.1) is 39.0 Å². The molecule has 208 valence electrons. The Balaban J connectivity index is 1.72. The van der Waals surface area contributed by atoms with Crippen LogP contribution < -0.4 is 14.2 Å². The van der Waals surface area contributed by atoms with Gasteiger partial charge in [0.25, 0.3) is 11.7 Å². The van der Waals surface area contributed by atoms with E-state index in [-0.39, 0.29) is 11.3 Å². The van der Waals surface area contributed by atoms with E-state index in [1.165, 1.54) is 7.11 Å². The van der Waals surface area contributed by atoms with Gasteiger partial charge in [0.2, 0.25) is 0 Å². The standard InChI is InChI=1S/C30H36N2O7/c1-5-15-39-23-9-8-22(18-20(23)2)28(33)26-27(21-7-10-24(36-3)25(19-21)37-4)32(30(35)29(26)34)12-6-11-31-13-16-38-17-14-31/h5,7-10,18-19,27,33H,1,6,11-17H2,2-4H3/t27-/m1/s1. The number of aryl methyl sites for hydroxylation is 1. The van der Waals surface area contributed by atoms with Crippen molar-refractivity contribution in [3.05, 3.63) is 71.3 Å². The molecule has 2 fully saturated rings. The number of carbonyl (C=O) groups is 2. The second kappa shape index (κ2) is 12.8. The smallest absolute Gasteiger partial charge is 0.295 e. The zero-order valence-corrected chi connectivity index (χ0v) is 22.8. The minimum Gasteiger partial charge on any atom is -0.507 e. The Labute approximate surface area is 229 Å². The molecule has 0 aromatic heterocycles. The van der Waals surface area contributed by atoms with Crippen molar-refractivity contribution in [2.75, 3.05) is 60.2 Å². The summed E-state index contributed by atoms with van der Waals surface area (Å²) in [5.41, 5.74) is 1.89. The van der Waals surface area contributed by atoms with Crippen molar-refractivity contribution in [2.45, 2.75) is 19.4 Å². The molecule has 0 bridgehead atoms. The Morgan fingerprint density at radius 1 is 1.05 bits per heavy atom. The van der Waals surface area contributed by atoms with E-state index in [9.17, 15) is 14.7 Å². The van der Waals surface area contributed by atoms with Gasteiger partial charge in [-0.3, -0.25) is 14.5 Å². The number of ketones is 1. The van der Waals surface area contributed by atoms with E-state index in [4.69, 9.17) is 18.9 Å². The molecular weight excluding hydrogens is 500 g/mol. The molecule has 2 aromatic rings. The summed E-state index contributed by atoms with van der Waals surface area (Å²) in [5, 5.41) is 11.5. The fourth-order valence-corrected chi connectivity index (χ4v) is 5.03. The van der Waals surface area contributed by atoms with Crippen molar-refractivity contribution >= 4 is 17.4 Å². The molecule has 2 aromatic carbocycles. The van der Waals surface area contributed by atoms with Crippen molar-refractivity contribution in [3.8, 4) is 17.2 Å². The van der Waals surface area contributed by atoms with E-state index in [1.54, 1.807) is 54.5 Å². The Morgan fingerprint density at radius 2 is 1.77 bits per heavy atom. The van der Waals surface area contributed by atoms with Gasteiger partial charge in [-0.2, -0.15) is 0 Å². The minimum absolute atomic E-state index is 0.0396. The lowest BCUT2D eigenvalue weighted by molar-refractivity contribution is -0.140. The van der Waals surface area contributed by atoms with Gasteiger partial charge >= 0.3 is 0 Å². The largest absolute Gasteiger partial charge is 0.507 e. The minimum atomic E-state index is -0.786. The molecule has 2 aliphatic heterocycles. The van der Waals surface area contributed by atoms with Gasteiger partial charge < -0.3 is 29.0 Å². The third kappa shape index (κ3) is 6.10. The normalized spacial score (nSPS) is 19.3. The first kappa shape index (κ1) is 28.2. The molecule has 0 radical (unpaired) electrons. The number of rotatable bonds is 11. The third-order valence-corrected chi connectivity index (χ3v) is 7.05. The lowest BCUT2D eigenvalue weighted by Gasteiger charge is -2.29. The van der Waals surface area contributed by atoms with Crippen molar-refractivity contribution < 1.29 is 33.6 Å². The van der Waals surface area contributed by atoms with Gasteiger partial charge in [0.15, 0.2) is 11.5 Å². The van der Waals surface area contributed by atoms with E-state index in [0.29, 0.717) is 61.2 Å². The number of aliphatic hydroxyl groups is 1. The molecule has 9 heteroatoms. The van der Waals surface area contributed by atoms with Crippen LogP contribution in [0.5, 0.6) is 17.2 Å². The van der Waals surface area contributed by atoms with Gasteiger partial charge in [-0.1, -0.05) is 18.7 Å². The number of morpholine rings is 1. The second-order valence-corrected chi connectivity index (χ2v) is 9.49. The topological polar surface area (TPSA) is 97.8 Å². The average molecular weight is 537 g/mol. The van der Waals surface area contributed by atoms with E-state index < -0.39 is 17.7 Å². The first-order chi connectivity index (χ1) is 18.9. The molecule has 2 aliphatic rings. The van der Waals surface area contributed by atoms with Crippen molar-refractivity contribution in [3.63, 3.8) is 0 Å². The number of likely N-dealkylation sites (tertiary alicyclic amines) is 1. The summed E-state index contributed by atoms with van der Waals surface area (Å²) in [5.74, 6) is 0.0441. The molecule has 2 saturated heterocycles. The summed E-state index contributed by atoms with van der Waals surface area (Å²) in [6.45, 7) is 10.0. The summed E-state index contributed by atoms with van der Waals surface area (Å²) in [6.07, 6.45) is 2.32. The molecule has 0 spiro atoms. The number of amides is 1. The van der Waals surface area contributed by atoms with Gasteiger partial charge in [0, 0.05) is 31.7 Å². The molecule has 0 saturated carbocycles. The van der Waals surface area contributed by atoms with Crippen LogP contribution in [-0.4, -0.2) is 86.8 Å². The fraction of sp³-hybridized carbons (Fsp3) is 0.400. The predicted molar refractivity (Wildman–Crippen MR) is 147 cm³/mol. The summed E-state index contributed by atoms with van der Waals surface area (Å²) in [4.78, 5) is 30.6. The molecule has 0 aliphatic carbocycles. The third-order valence-electron chi connectivity index (χ3n) is 7.05. The first-order valence-electron chi connectivity index (χ1n) is 13.0. The highest BCUT2D eigenvalue weighted by atomic mass is 16.5. The van der Waals surface area contributed by atoms with Crippen LogP contribution in [0.15, 0.2) is 54.6 Å². The molecule has 4 rings (SSSR count). The van der Waals surface area contributed by atoms with E-state index in [0.717, 1.165) is 25.2 Å². The molecule has 39 heavy (non-hydrogen) atoms. The SMILES string of the molecule is C=CCOc1ccc(C(O)=C2C(=O)C(=O)N(CCCN3CCOCC3)[C@@H]2c2ccc(OC)c(OC)c2)cc1C. The first-order valence-corrected chi connectivity index (χ1v) is 13.0. The summed E-state index contributed by atoms with van der Waals surface area (Å²) in [7, 11) is 3.07. The summed E-state index contributed by atoms with van der Waals surface area (Å²) < 4.78 is 22.0. The average Bonchev–Trinajstić information content (AvgIpc) is 3.21.